The number of halogens is 1. The maximum atomic E-state index is 13.5. The first-order chi connectivity index (χ1) is 10.4. The molecule has 22 heavy (non-hydrogen) atoms. The molecule has 1 aromatic heterocycles. The predicted octanol–water partition coefficient (Wildman–Crippen LogP) is 1.85. The van der Waals surface area contributed by atoms with Crippen LogP contribution in [0, 0.1) is 19.7 Å². The topological polar surface area (TPSA) is 76.9 Å². The fourth-order valence-electron chi connectivity index (χ4n) is 2.46. The quantitative estimate of drug-likeness (QED) is 0.910. The Hall–Kier alpha value is -1.80. The maximum Gasteiger partial charge on any atom is 0.241 e. The van der Waals surface area contributed by atoms with Crippen LogP contribution in [0.2, 0.25) is 0 Å². The van der Waals surface area contributed by atoms with E-state index in [-0.39, 0.29) is 17.0 Å². The van der Waals surface area contributed by atoms with Crippen molar-refractivity contribution in [3.63, 3.8) is 0 Å². The lowest BCUT2D eigenvalue weighted by Crippen LogP contribution is -2.26. The Kier molecular flexibility index (Phi) is 3.73. The second kappa shape index (κ2) is 5.44. The van der Waals surface area contributed by atoms with Gasteiger partial charge in [-0.05, 0) is 38.8 Å². The minimum Gasteiger partial charge on any atom is -0.311 e. The Labute approximate surface area is 128 Å². The molecule has 0 aliphatic heterocycles. The molecule has 6 nitrogen and oxygen atoms in total. The van der Waals surface area contributed by atoms with Crippen LogP contribution < -0.4 is 4.72 Å². The zero-order valence-electron chi connectivity index (χ0n) is 12.4. The van der Waals surface area contributed by atoms with Crippen molar-refractivity contribution in [3.05, 3.63) is 41.2 Å². The highest BCUT2D eigenvalue weighted by atomic mass is 32.2. The van der Waals surface area contributed by atoms with E-state index in [0.717, 1.165) is 18.7 Å². The third-order valence-corrected chi connectivity index (χ3v) is 5.32. The van der Waals surface area contributed by atoms with Gasteiger partial charge >= 0.3 is 0 Å². The fraction of sp³-hybridized carbons (Fsp3) is 0.429. The van der Waals surface area contributed by atoms with Gasteiger partial charge < -0.3 is 4.57 Å². The summed E-state index contributed by atoms with van der Waals surface area (Å²) in [6.07, 6.45) is 2.11. The van der Waals surface area contributed by atoms with E-state index in [1.54, 1.807) is 0 Å². The molecule has 1 saturated carbocycles. The molecule has 2 aromatic rings. The number of nitrogens with one attached hydrogen (secondary N) is 1. The van der Waals surface area contributed by atoms with Crippen molar-refractivity contribution in [2.45, 2.75) is 44.2 Å². The lowest BCUT2D eigenvalue weighted by atomic mass is 10.2. The van der Waals surface area contributed by atoms with Crippen molar-refractivity contribution in [3.8, 4) is 0 Å². The summed E-state index contributed by atoms with van der Waals surface area (Å²) in [6.45, 7) is 3.33. The van der Waals surface area contributed by atoms with E-state index in [0.29, 0.717) is 11.9 Å². The number of aromatic nitrogens is 3. The van der Waals surface area contributed by atoms with Gasteiger partial charge in [0.2, 0.25) is 10.0 Å². The Bertz CT molecular complexity index is 812. The smallest absolute Gasteiger partial charge is 0.241 e. The summed E-state index contributed by atoms with van der Waals surface area (Å²) in [5.74, 6) is 0.816. The molecule has 1 aromatic carbocycles. The number of benzene rings is 1. The number of aryl methyl sites for hydroxylation is 1. The summed E-state index contributed by atoms with van der Waals surface area (Å²) in [4.78, 5) is -0.0540. The molecule has 0 unspecified atom stereocenters. The number of hydrogen-bond acceptors (Lipinski definition) is 4. The Morgan fingerprint density at radius 2 is 2.05 bits per heavy atom. The summed E-state index contributed by atoms with van der Waals surface area (Å²) >= 11 is 0. The average molecular weight is 324 g/mol. The Morgan fingerprint density at radius 1 is 1.32 bits per heavy atom. The lowest BCUT2D eigenvalue weighted by molar-refractivity contribution is 0.567. The number of nitrogens with zero attached hydrogens (tertiary/aromatic N) is 3. The number of rotatable bonds is 5. The molecular formula is C14H17FN4O2S. The summed E-state index contributed by atoms with van der Waals surface area (Å²) < 4.78 is 42.7. The normalized spacial score (nSPS) is 15.2. The van der Waals surface area contributed by atoms with E-state index < -0.39 is 15.8 Å². The highest BCUT2D eigenvalue weighted by Crippen LogP contribution is 2.36. The highest BCUT2D eigenvalue weighted by Gasteiger charge is 2.28. The molecule has 1 aliphatic rings. The summed E-state index contributed by atoms with van der Waals surface area (Å²) in [5.41, 5.74) is 0.106. The molecule has 0 saturated heterocycles. The third-order valence-electron chi connectivity index (χ3n) is 3.78. The molecular weight excluding hydrogens is 307 g/mol. The van der Waals surface area contributed by atoms with Crippen LogP contribution in [0.25, 0.3) is 0 Å². The van der Waals surface area contributed by atoms with Crippen LogP contribution in [-0.4, -0.2) is 23.2 Å². The Morgan fingerprint density at radius 3 is 2.73 bits per heavy atom. The summed E-state index contributed by atoms with van der Waals surface area (Å²) in [6, 6.07) is 4.37. The van der Waals surface area contributed by atoms with Crippen LogP contribution in [0.5, 0.6) is 0 Å². The molecule has 3 rings (SSSR count). The van der Waals surface area contributed by atoms with Gasteiger partial charge in [-0.25, -0.2) is 17.5 Å². The second-order valence-electron chi connectivity index (χ2n) is 5.45. The van der Waals surface area contributed by atoms with Gasteiger partial charge in [-0.2, -0.15) is 0 Å². The van der Waals surface area contributed by atoms with Gasteiger partial charge in [-0.1, -0.05) is 6.07 Å². The van der Waals surface area contributed by atoms with Crippen molar-refractivity contribution in [1.82, 2.24) is 19.5 Å². The van der Waals surface area contributed by atoms with E-state index in [1.807, 2.05) is 11.5 Å². The standard InChI is InChI=1S/C14H17FN4O2S/c1-9-12(15)4-3-5-13(9)22(20,21)16-8-14-18-17-10(2)19(14)11-6-7-11/h3-5,11,16H,6-8H2,1-2H3. The molecule has 1 fully saturated rings. The van der Waals surface area contributed by atoms with E-state index >= 15 is 0 Å². The molecule has 0 radical (unpaired) electrons. The third kappa shape index (κ3) is 2.76. The minimum absolute atomic E-state index is 0.0373. The molecule has 0 amide bonds. The van der Waals surface area contributed by atoms with Crippen molar-refractivity contribution in [2.24, 2.45) is 0 Å². The first-order valence-corrected chi connectivity index (χ1v) is 8.53. The molecule has 0 atom stereocenters. The molecule has 1 aliphatic carbocycles. The molecule has 1 heterocycles. The molecule has 8 heteroatoms. The van der Waals surface area contributed by atoms with E-state index in [4.69, 9.17) is 0 Å². The Balaban J connectivity index is 1.82. The zero-order valence-corrected chi connectivity index (χ0v) is 13.2. The van der Waals surface area contributed by atoms with Gasteiger partial charge in [-0.15, -0.1) is 10.2 Å². The monoisotopic (exact) mass is 324 g/mol. The zero-order chi connectivity index (χ0) is 15.9. The summed E-state index contributed by atoms with van der Waals surface area (Å²) in [5, 5.41) is 8.03. The highest BCUT2D eigenvalue weighted by molar-refractivity contribution is 7.89. The van der Waals surface area contributed by atoms with E-state index in [9.17, 15) is 12.8 Å². The number of hydrogen-bond donors (Lipinski definition) is 1. The lowest BCUT2D eigenvalue weighted by Gasteiger charge is -2.11. The van der Waals surface area contributed by atoms with Crippen molar-refractivity contribution in [2.75, 3.05) is 0 Å². The van der Waals surface area contributed by atoms with Gasteiger partial charge in [0.1, 0.15) is 17.5 Å². The van der Waals surface area contributed by atoms with Crippen molar-refractivity contribution >= 4 is 10.0 Å². The van der Waals surface area contributed by atoms with Crippen LogP contribution in [0.1, 0.15) is 36.1 Å². The molecule has 1 N–H and O–H groups in total. The van der Waals surface area contributed by atoms with Gasteiger partial charge in [0.15, 0.2) is 0 Å². The van der Waals surface area contributed by atoms with Crippen LogP contribution in [0.3, 0.4) is 0 Å². The minimum atomic E-state index is -3.80. The maximum absolute atomic E-state index is 13.5. The number of sulfonamides is 1. The second-order valence-corrected chi connectivity index (χ2v) is 7.19. The van der Waals surface area contributed by atoms with E-state index in [2.05, 4.69) is 14.9 Å². The molecule has 118 valence electrons. The largest absolute Gasteiger partial charge is 0.311 e. The molecule has 0 spiro atoms. The van der Waals surface area contributed by atoms with Crippen molar-refractivity contribution in [1.29, 1.82) is 0 Å². The fourth-order valence-corrected chi connectivity index (χ4v) is 3.69. The van der Waals surface area contributed by atoms with Crippen LogP contribution >= 0.6 is 0 Å². The SMILES string of the molecule is Cc1c(F)cccc1S(=O)(=O)NCc1nnc(C)n1C1CC1. The molecule has 0 bridgehead atoms. The van der Waals surface area contributed by atoms with Crippen LogP contribution in [0.4, 0.5) is 4.39 Å². The average Bonchev–Trinajstić information content (AvgIpc) is 3.23. The van der Waals surface area contributed by atoms with Gasteiger partial charge in [-0.3, -0.25) is 0 Å². The first-order valence-electron chi connectivity index (χ1n) is 7.05. The van der Waals surface area contributed by atoms with Gasteiger partial charge in [0.25, 0.3) is 0 Å². The summed E-state index contributed by atoms with van der Waals surface area (Å²) in [7, 11) is -3.80. The predicted molar refractivity (Wildman–Crippen MR) is 78.2 cm³/mol. The van der Waals surface area contributed by atoms with E-state index in [1.165, 1.54) is 25.1 Å². The van der Waals surface area contributed by atoms with Crippen molar-refractivity contribution < 1.29 is 12.8 Å². The van der Waals surface area contributed by atoms with Gasteiger partial charge in [0, 0.05) is 11.6 Å². The van der Waals surface area contributed by atoms with Crippen LogP contribution in [-0.2, 0) is 16.6 Å². The van der Waals surface area contributed by atoms with Crippen LogP contribution in [0.15, 0.2) is 23.1 Å². The first kappa shape index (κ1) is 15.1. The van der Waals surface area contributed by atoms with Gasteiger partial charge in [0.05, 0.1) is 11.4 Å².